The Bertz CT molecular complexity index is 1480. The van der Waals surface area contributed by atoms with Crippen molar-refractivity contribution in [1.82, 2.24) is 25.1 Å². The fourth-order valence-electron chi connectivity index (χ4n) is 4.60. The van der Waals surface area contributed by atoms with E-state index in [1.807, 2.05) is 60.8 Å². The van der Waals surface area contributed by atoms with Crippen molar-refractivity contribution < 1.29 is 4.79 Å². The number of nitrogens with one attached hydrogen (secondary N) is 2. The Kier molecular flexibility index (Phi) is 6.88. The average molecular weight is 493 g/mol. The average Bonchev–Trinajstić information content (AvgIpc) is 3.50. The molecule has 0 saturated heterocycles. The zero-order valence-electron chi connectivity index (χ0n) is 21.2. The van der Waals surface area contributed by atoms with Crippen LogP contribution in [0, 0.1) is 0 Å². The van der Waals surface area contributed by atoms with E-state index in [4.69, 9.17) is 10.8 Å². The fourth-order valence-corrected chi connectivity index (χ4v) is 4.60. The van der Waals surface area contributed by atoms with E-state index in [1.165, 1.54) is 0 Å². The van der Waals surface area contributed by atoms with Gasteiger partial charge in [0.2, 0.25) is 5.91 Å². The number of nitrogens with zero attached hydrogens (tertiary/aromatic N) is 3. The van der Waals surface area contributed by atoms with Crippen molar-refractivity contribution >= 4 is 16.8 Å². The molecular weight excluding hydrogens is 460 g/mol. The molecule has 1 amide bonds. The molecule has 188 valence electrons. The van der Waals surface area contributed by atoms with Crippen molar-refractivity contribution in [1.29, 1.82) is 0 Å². The van der Waals surface area contributed by atoms with Gasteiger partial charge in [0.05, 0.1) is 18.0 Å². The topological polar surface area (TPSA) is 102 Å². The highest BCUT2D eigenvalue weighted by molar-refractivity contribution is 5.86. The first-order valence-electron chi connectivity index (χ1n) is 12.5. The smallest absolute Gasteiger partial charge is 0.239 e. The predicted molar refractivity (Wildman–Crippen MR) is 146 cm³/mol. The second kappa shape index (κ2) is 10.4. The van der Waals surface area contributed by atoms with Gasteiger partial charge in [-0.25, -0.2) is 0 Å². The van der Waals surface area contributed by atoms with Crippen molar-refractivity contribution in [2.24, 2.45) is 5.73 Å². The highest BCUT2D eigenvalue weighted by Crippen LogP contribution is 2.31. The van der Waals surface area contributed by atoms with E-state index in [2.05, 4.69) is 50.3 Å². The summed E-state index contributed by atoms with van der Waals surface area (Å²) in [7, 11) is 0. The van der Waals surface area contributed by atoms with Crippen LogP contribution < -0.4 is 11.1 Å². The third kappa shape index (κ3) is 5.47. The lowest BCUT2D eigenvalue weighted by Crippen LogP contribution is -2.50. The monoisotopic (exact) mass is 492 g/mol. The third-order valence-electron chi connectivity index (χ3n) is 6.60. The van der Waals surface area contributed by atoms with E-state index in [9.17, 15) is 4.79 Å². The third-order valence-corrected chi connectivity index (χ3v) is 6.60. The largest absolute Gasteiger partial charge is 0.361 e. The Morgan fingerprint density at radius 2 is 1.59 bits per heavy atom. The molecule has 37 heavy (non-hydrogen) atoms. The van der Waals surface area contributed by atoms with E-state index in [-0.39, 0.29) is 11.8 Å². The van der Waals surface area contributed by atoms with Crippen molar-refractivity contribution in [3.05, 3.63) is 119 Å². The number of carbonyl (C=O) groups is 1. The second-order valence-corrected chi connectivity index (χ2v) is 9.98. The quantitative estimate of drug-likeness (QED) is 0.284. The summed E-state index contributed by atoms with van der Waals surface area (Å²) in [6, 6.07) is 28.7. The van der Waals surface area contributed by atoms with Crippen LogP contribution in [0.1, 0.15) is 48.1 Å². The summed E-state index contributed by atoms with van der Waals surface area (Å²) < 4.78 is 2.19. The fraction of sp³-hybridized carbons (Fsp3) is 0.233. The minimum atomic E-state index is -0.985. The summed E-state index contributed by atoms with van der Waals surface area (Å²) in [4.78, 5) is 16.1. The molecule has 0 fully saturated rings. The molecule has 1 atom stereocenters. The van der Waals surface area contributed by atoms with Gasteiger partial charge in [-0.3, -0.25) is 4.79 Å². The number of aromatic amines is 1. The van der Waals surface area contributed by atoms with Crippen molar-refractivity contribution in [3.8, 4) is 0 Å². The summed E-state index contributed by atoms with van der Waals surface area (Å²) in [5, 5.41) is 13.5. The number of carbonyl (C=O) groups excluding carboxylic acids is 1. The summed E-state index contributed by atoms with van der Waals surface area (Å²) >= 11 is 0. The molecule has 7 nitrogen and oxygen atoms in total. The maximum Gasteiger partial charge on any atom is 0.239 e. The molecule has 5 aromatic rings. The SMILES string of the molecule is CC(C)(N)C(=O)NCC(c1c[nH]c2ccccc12)c1nnc(Cc2ccccc2)n1Cc1ccccc1. The number of H-pyrrole nitrogens is 1. The lowest BCUT2D eigenvalue weighted by atomic mass is 9.96. The van der Waals surface area contributed by atoms with Crippen LogP contribution >= 0.6 is 0 Å². The molecule has 0 spiro atoms. The van der Waals surface area contributed by atoms with E-state index < -0.39 is 5.54 Å². The number of para-hydroxylation sites is 1. The van der Waals surface area contributed by atoms with Gasteiger partial charge in [-0.2, -0.15) is 0 Å². The summed E-state index contributed by atoms with van der Waals surface area (Å²) in [6.45, 7) is 4.39. The van der Waals surface area contributed by atoms with Gasteiger partial charge in [-0.05, 0) is 36.6 Å². The van der Waals surface area contributed by atoms with Crippen molar-refractivity contribution in [2.45, 2.75) is 38.3 Å². The van der Waals surface area contributed by atoms with Gasteiger partial charge in [0, 0.05) is 30.1 Å². The molecular formula is C30H32N6O. The maximum absolute atomic E-state index is 12.8. The first kappa shape index (κ1) is 24.5. The molecule has 0 aliphatic heterocycles. The molecule has 3 aromatic carbocycles. The van der Waals surface area contributed by atoms with E-state index in [1.54, 1.807) is 13.8 Å². The van der Waals surface area contributed by atoms with Crippen LogP contribution in [0.25, 0.3) is 10.9 Å². The molecule has 7 heteroatoms. The Hall–Kier alpha value is -4.23. The van der Waals surface area contributed by atoms with Gasteiger partial charge in [-0.15, -0.1) is 10.2 Å². The molecule has 0 aliphatic carbocycles. The number of rotatable bonds is 9. The van der Waals surface area contributed by atoms with Crippen LogP contribution in [0.3, 0.4) is 0 Å². The zero-order valence-corrected chi connectivity index (χ0v) is 21.2. The lowest BCUT2D eigenvalue weighted by Gasteiger charge is -2.22. The first-order chi connectivity index (χ1) is 17.9. The van der Waals surface area contributed by atoms with E-state index in [0.717, 1.165) is 39.2 Å². The van der Waals surface area contributed by atoms with Crippen LogP contribution in [-0.2, 0) is 17.8 Å². The number of hydrogen-bond acceptors (Lipinski definition) is 4. The molecule has 4 N–H and O–H groups in total. The van der Waals surface area contributed by atoms with Gasteiger partial charge < -0.3 is 20.6 Å². The highest BCUT2D eigenvalue weighted by Gasteiger charge is 2.28. The van der Waals surface area contributed by atoms with Crippen molar-refractivity contribution in [2.75, 3.05) is 6.54 Å². The predicted octanol–water partition coefficient (Wildman–Crippen LogP) is 4.38. The van der Waals surface area contributed by atoms with E-state index >= 15 is 0 Å². The molecule has 0 aliphatic rings. The second-order valence-electron chi connectivity index (χ2n) is 9.98. The minimum Gasteiger partial charge on any atom is -0.361 e. The standard InChI is InChI=1S/C30H32N6O/c1-30(2,31)29(37)33-19-25(24-18-32-26-16-10-9-15-23(24)26)28-35-34-27(17-21-11-5-3-6-12-21)36(28)20-22-13-7-4-8-14-22/h3-16,18,25,32H,17,19-20,31H2,1-2H3,(H,33,37). The molecule has 2 heterocycles. The van der Waals surface area contributed by atoms with E-state index in [0.29, 0.717) is 19.5 Å². The van der Waals surface area contributed by atoms with Gasteiger partial charge in [-0.1, -0.05) is 78.9 Å². The van der Waals surface area contributed by atoms with Gasteiger partial charge >= 0.3 is 0 Å². The normalized spacial score (nSPS) is 12.5. The number of aromatic nitrogens is 4. The van der Waals surface area contributed by atoms with Crippen LogP contribution in [-0.4, -0.2) is 37.7 Å². The molecule has 0 saturated carbocycles. The summed E-state index contributed by atoms with van der Waals surface area (Å²) in [6.07, 6.45) is 2.66. The Balaban J connectivity index is 1.60. The Labute approximate surface area is 216 Å². The molecule has 1 unspecified atom stereocenters. The number of fused-ring (bicyclic) bond motifs is 1. The molecule has 0 radical (unpaired) electrons. The molecule has 0 bridgehead atoms. The van der Waals surface area contributed by atoms with Gasteiger partial charge in [0.15, 0.2) is 0 Å². The van der Waals surface area contributed by atoms with Gasteiger partial charge in [0.1, 0.15) is 11.6 Å². The number of nitrogens with two attached hydrogens (primary N) is 1. The first-order valence-corrected chi connectivity index (χ1v) is 12.5. The minimum absolute atomic E-state index is 0.212. The summed E-state index contributed by atoms with van der Waals surface area (Å²) in [5.74, 6) is 1.23. The van der Waals surface area contributed by atoms with Crippen molar-refractivity contribution in [3.63, 3.8) is 0 Å². The number of amides is 1. The lowest BCUT2D eigenvalue weighted by molar-refractivity contribution is -0.125. The highest BCUT2D eigenvalue weighted by atomic mass is 16.2. The van der Waals surface area contributed by atoms with Gasteiger partial charge in [0.25, 0.3) is 0 Å². The summed E-state index contributed by atoms with van der Waals surface area (Å²) in [5.41, 5.74) is 9.51. The maximum atomic E-state index is 12.8. The van der Waals surface area contributed by atoms with Crippen LogP contribution in [0.15, 0.2) is 91.1 Å². The molecule has 2 aromatic heterocycles. The zero-order chi connectivity index (χ0) is 25.8. The van der Waals surface area contributed by atoms with Crippen LogP contribution in [0.2, 0.25) is 0 Å². The number of benzene rings is 3. The Morgan fingerprint density at radius 1 is 0.946 bits per heavy atom. The number of hydrogen-bond donors (Lipinski definition) is 3. The van der Waals surface area contributed by atoms with Crippen LogP contribution in [0.4, 0.5) is 0 Å². The molecule has 5 rings (SSSR count). The van der Waals surface area contributed by atoms with Crippen LogP contribution in [0.5, 0.6) is 0 Å². The Morgan fingerprint density at radius 3 is 2.30 bits per heavy atom.